The van der Waals surface area contributed by atoms with Gasteiger partial charge < -0.3 is 14.9 Å². The Hall–Kier alpha value is -2.90. The molecule has 0 aliphatic heterocycles. The molecule has 8 heteroatoms. The van der Waals surface area contributed by atoms with Gasteiger partial charge in [0.15, 0.2) is 11.6 Å². The topological polar surface area (TPSA) is 102 Å². The molecule has 1 aromatic carbocycles. The zero-order valence-electron chi connectivity index (χ0n) is 10.2. The van der Waals surface area contributed by atoms with E-state index in [4.69, 9.17) is 14.9 Å². The van der Waals surface area contributed by atoms with Crippen molar-refractivity contribution in [2.45, 2.75) is 0 Å². The number of ether oxygens (including phenoxy) is 1. The van der Waals surface area contributed by atoms with Crippen molar-refractivity contribution >= 4 is 5.97 Å². The van der Waals surface area contributed by atoms with Crippen molar-refractivity contribution in [1.29, 1.82) is 0 Å². The minimum absolute atomic E-state index is 0.136. The van der Waals surface area contributed by atoms with Crippen LogP contribution in [-0.4, -0.2) is 33.1 Å². The van der Waals surface area contributed by atoms with Crippen LogP contribution in [0.4, 0.5) is 4.39 Å². The Morgan fingerprint density at radius 1 is 1.45 bits per heavy atom. The molecule has 2 aromatic rings. The Kier molecular flexibility index (Phi) is 3.38. The number of phenolic OH excluding ortho intramolecular Hbond substituents is 1. The molecule has 2 N–H and O–H groups in total. The lowest BCUT2D eigenvalue weighted by atomic mass is 10.3. The molecule has 104 valence electrons. The second kappa shape index (κ2) is 5.00. The molecule has 1 heterocycles. The average molecular weight is 280 g/mol. The number of carbonyl (C=O) groups is 1. The lowest BCUT2D eigenvalue weighted by Gasteiger charge is -2.09. The van der Waals surface area contributed by atoms with Gasteiger partial charge in [0.25, 0.3) is 5.43 Å². The summed E-state index contributed by atoms with van der Waals surface area (Å²) >= 11 is 0. The smallest absolute Gasteiger partial charge is 0.360 e. The third kappa shape index (κ3) is 2.30. The van der Waals surface area contributed by atoms with Gasteiger partial charge in [0.2, 0.25) is 5.69 Å². The standard InChI is InChI=1S/C12H9FN2O5/c1-20-9-5-15(14-10(11(9)17)12(18)19)8-3-2-6(16)4-7(8)13/h2-5,16H,1H3,(H,18,19). The maximum absolute atomic E-state index is 13.7. The van der Waals surface area contributed by atoms with Gasteiger partial charge in [0, 0.05) is 6.07 Å². The third-order valence-corrected chi connectivity index (χ3v) is 2.49. The van der Waals surface area contributed by atoms with Gasteiger partial charge in [-0.2, -0.15) is 5.10 Å². The van der Waals surface area contributed by atoms with Crippen LogP contribution in [0.1, 0.15) is 10.5 Å². The average Bonchev–Trinajstić information content (AvgIpc) is 2.39. The maximum Gasteiger partial charge on any atom is 0.360 e. The molecule has 0 saturated carbocycles. The highest BCUT2D eigenvalue weighted by Gasteiger charge is 2.18. The molecule has 0 atom stereocenters. The fraction of sp³-hybridized carbons (Fsp3) is 0.0833. The molecular formula is C12H9FN2O5. The number of benzene rings is 1. The number of nitrogens with zero attached hydrogens (tertiary/aromatic N) is 2. The zero-order chi connectivity index (χ0) is 14.9. The molecule has 1 aromatic heterocycles. The third-order valence-electron chi connectivity index (χ3n) is 2.49. The number of carboxylic acid groups (broad SMARTS) is 1. The van der Waals surface area contributed by atoms with E-state index in [0.29, 0.717) is 0 Å². The largest absolute Gasteiger partial charge is 0.508 e. The van der Waals surface area contributed by atoms with E-state index in [2.05, 4.69) is 5.10 Å². The fourth-order valence-corrected chi connectivity index (χ4v) is 1.56. The molecule has 0 saturated heterocycles. The van der Waals surface area contributed by atoms with Crippen molar-refractivity contribution in [1.82, 2.24) is 9.78 Å². The minimum Gasteiger partial charge on any atom is -0.508 e. The highest BCUT2D eigenvalue weighted by atomic mass is 19.1. The minimum atomic E-state index is -1.55. The Balaban J connectivity index is 2.71. The van der Waals surface area contributed by atoms with Crippen LogP contribution in [0.15, 0.2) is 29.2 Å². The predicted octanol–water partition coefficient (Wildman–Crippen LogP) is 0.784. The van der Waals surface area contributed by atoms with Gasteiger partial charge in [0.05, 0.1) is 13.3 Å². The van der Waals surface area contributed by atoms with Crippen LogP contribution in [0.2, 0.25) is 0 Å². The molecule has 0 amide bonds. The first-order valence-corrected chi connectivity index (χ1v) is 5.34. The SMILES string of the molecule is COc1cn(-c2ccc(O)cc2F)nc(C(=O)O)c1=O. The Labute approximate surface area is 111 Å². The van der Waals surface area contributed by atoms with E-state index in [0.717, 1.165) is 16.9 Å². The number of carboxylic acids is 1. The van der Waals surface area contributed by atoms with Crippen molar-refractivity contribution in [3.05, 3.63) is 46.1 Å². The van der Waals surface area contributed by atoms with E-state index in [1.165, 1.54) is 19.2 Å². The summed E-state index contributed by atoms with van der Waals surface area (Å²) in [6.07, 6.45) is 1.06. The van der Waals surface area contributed by atoms with Gasteiger partial charge in [0.1, 0.15) is 11.4 Å². The van der Waals surface area contributed by atoms with Gasteiger partial charge in [-0.3, -0.25) is 4.79 Å². The number of aromatic nitrogens is 2. The highest BCUT2D eigenvalue weighted by molar-refractivity contribution is 5.85. The van der Waals surface area contributed by atoms with Gasteiger partial charge in [-0.1, -0.05) is 0 Å². The molecule has 0 aliphatic rings. The van der Waals surface area contributed by atoms with E-state index in [9.17, 15) is 14.0 Å². The number of halogens is 1. The van der Waals surface area contributed by atoms with Crippen LogP contribution in [0.5, 0.6) is 11.5 Å². The number of aromatic hydroxyl groups is 1. The van der Waals surface area contributed by atoms with E-state index in [-0.39, 0.29) is 17.2 Å². The zero-order valence-corrected chi connectivity index (χ0v) is 10.2. The maximum atomic E-state index is 13.7. The van der Waals surface area contributed by atoms with E-state index < -0.39 is 22.9 Å². The monoisotopic (exact) mass is 280 g/mol. The van der Waals surface area contributed by atoms with Gasteiger partial charge in [-0.15, -0.1) is 0 Å². The first-order valence-electron chi connectivity index (χ1n) is 5.34. The number of rotatable bonds is 3. The van der Waals surface area contributed by atoms with Crippen LogP contribution in [-0.2, 0) is 0 Å². The first-order chi connectivity index (χ1) is 9.43. The van der Waals surface area contributed by atoms with Crippen LogP contribution in [0.3, 0.4) is 0 Å². The number of hydrogen-bond acceptors (Lipinski definition) is 5. The van der Waals surface area contributed by atoms with Crippen LogP contribution >= 0.6 is 0 Å². The van der Waals surface area contributed by atoms with Gasteiger partial charge in [-0.25, -0.2) is 13.9 Å². The van der Waals surface area contributed by atoms with Crippen LogP contribution < -0.4 is 10.2 Å². The molecule has 7 nitrogen and oxygen atoms in total. The summed E-state index contributed by atoms with van der Waals surface area (Å²) in [5, 5.41) is 21.6. The van der Waals surface area contributed by atoms with E-state index in [1.54, 1.807) is 0 Å². The summed E-state index contributed by atoms with van der Waals surface area (Å²) in [5.41, 5.74) is -1.84. The normalized spacial score (nSPS) is 10.3. The fourth-order valence-electron chi connectivity index (χ4n) is 1.56. The summed E-state index contributed by atoms with van der Waals surface area (Å²) < 4.78 is 19.3. The second-order valence-corrected chi connectivity index (χ2v) is 3.76. The van der Waals surface area contributed by atoms with Crippen LogP contribution in [0, 0.1) is 5.82 Å². The number of aromatic carboxylic acids is 1. The number of methoxy groups -OCH3 is 1. The van der Waals surface area contributed by atoms with Crippen molar-refractivity contribution in [2.75, 3.05) is 7.11 Å². The van der Waals surface area contributed by atoms with Crippen molar-refractivity contribution in [3.63, 3.8) is 0 Å². The van der Waals surface area contributed by atoms with Gasteiger partial charge >= 0.3 is 5.97 Å². The number of phenols is 1. The van der Waals surface area contributed by atoms with E-state index >= 15 is 0 Å². The molecule has 2 rings (SSSR count). The van der Waals surface area contributed by atoms with E-state index in [1.807, 2.05) is 0 Å². The van der Waals surface area contributed by atoms with Crippen molar-refractivity contribution in [3.8, 4) is 17.2 Å². The molecule has 20 heavy (non-hydrogen) atoms. The number of hydrogen-bond donors (Lipinski definition) is 2. The Bertz CT molecular complexity index is 741. The lowest BCUT2D eigenvalue weighted by Crippen LogP contribution is -2.23. The molecule has 0 fully saturated rings. The molecule has 0 aliphatic carbocycles. The molecule has 0 spiro atoms. The Morgan fingerprint density at radius 2 is 2.15 bits per heavy atom. The highest BCUT2D eigenvalue weighted by Crippen LogP contribution is 2.19. The molecule has 0 radical (unpaired) electrons. The molecule has 0 unspecified atom stereocenters. The molecule has 0 bridgehead atoms. The quantitative estimate of drug-likeness (QED) is 0.861. The molecular weight excluding hydrogens is 271 g/mol. The second-order valence-electron chi connectivity index (χ2n) is 3.76. The van der Waals surface area contributed by atoms with Gasteiger partial charge in [-0.05, 0) is 12.1 Å². The summed E-state index contributed by atoms with van der Waals surface area (Å²) in [6, 6.07) is 3.22. The summed E-state index contributed by atoms with van der Waals surface area (Å²) in [4.78, 5) is 22.6. The lowest BCUT2D eigenvalue weighted by molar-refractivity contribution is 0.0686. The summed E-state index contributed by atoms with van der Waals surface area (Å²) in [7, 11) is 1.18. The predicted molar refractivity (Wildman–Crippen MR) is 65.0 cm³/mol. The first kappa shape index (κ1) is 13.5. The van der Waals surface area contributed by atoms with Crippen LogP contribution in [0.25, 0.3) is 5.69 Å². The Morgan fingerprint density at radius 3 is 2.70 bits per heavy atom. The van der Waals surface area contributed by atoms with Crippen molar-refractivity contribution < 1.29 is 24.1 Å². The van der Waals surface area contributed by atoms with Crippen molar-refractivity contribution in [2.24, 2.45) is 0 Å². The summed E-state index contributed by atoms with van der Waals surface area (Å²) in [6.45, 7) is 0. The summed E-state index contributed by atoms with van der Waals surface area (Å²) in [5.74, 6) is -2.97.